The highest BCUT2D eigenvalue weighted by Crippen LogP contribution is 2.30. The highest BCUT2D eigenvalue weighted by atomic mass is 127. The van der Waals surface area contributed by atoms with Gasteiger partial charge in [0.2, 0.25) is 0 Å². The van der Waals surface area contributed by atoms with Crippen LogP contribution < -0.4 is 0 Å². The summed E-state index contributed by atoms with van der Waals surface area (Å²) in [6.07, 6.45) is 0. The van der Waals surface area contributed by atoms with Gasteiger partial charge in [-0.05, 0) is 56.2 Å². The minimum atomic E-state index is -0.142. The topological polar surface area (TPSA) is 0 Å². The molecule has 1 rings (SSSR count). The van der Waals surface area contributed by atoms with Gasteiger partial charge in [-0.2, -0.15) is 0 Å². The summed E-state index contributed by atoms with van der Waals surface area (Å²) in [6.45, 7) is 6.45. The van der Waals surface area contributed by atoms with E-state index in [0.29, 0.717) is 7.15 Å². The number of hydrogen-bond acceptors (Lipinski definition) is 0. The molecule has 0 aromatic heterocycles. The van der Waals surface area contributed by atoms with Crippen LogP contribution in [0, 0.1) is 0 Å². The van der Waals surface area contributed by atoms with Crippen LogP contribution in [0.25, 0.3) is 5.83 Å². The molecule has 0 saturated carbocycles. The van der Waals surface area contributed by atoms with Crippen molar-refractivity contribution >= 4 is 51.0 Å². The van der Waals surface area contributed by atoms with Crippen LogP contribution in [0.5, 0.6) is 0 Å². The first kappa shape index (κ1) is 13.4. The second-order valence-electron chi connectivity index (χ2n) is 4.40. The van der Waals surface area contributed by atoms with E-state index in [1.807, 2.05) is 69.4 Å². The molecule has 0 radical (unpaired) electrons. The molecule has 0 saturated heterocycles. The third kappa shape index (κ3) is 3.69. The van der Waals surface area contributed by atoms with E-state index in [9.17, 15) is 4.39 Å². The Morgan fingerprint density at radius 2 is 1.53 bits per heavy atom. The largest absolute Gasteiger partial charge is 0.205 e. The third-order valence-corrected chi connectivity index (χ3v) is 3.12. The number of benzene rings is 1. The van der Waals surface area contributed by atoms with E-state index in [1.165, 1.54) is 5.56 Å². The predicted molar refractivity (Wildman–Crippen MR) is 81.2 cm³/mol. The van der Waals surface area contributed by atoms with Crippen molar-refractivity contribution in [2.75, 3.05) is 0 Å². The van der Waals surface area contributed by atoms with Gasteiger partial charge >= 0.3 is 0 Å². The van der Waals surface area contributed by atoms with E-state index in [1.54, 1.807) is 0 Å². The average Bonchev–Trinajstić information content (AvgIpc) is 2.15. The van der Waals surface area contributed by atoms with Gasteiger partial charge in [0.25, 0.3) is 0 Å². The standard InChI is InChI=1S/C12H13FI2/c1-12(2,3)9-6-4-8(5-7-9)10(13)11(14)15/h4-7H,1-3H3. The molecule has 0 heterocycles. The highest BCUT2D eigenvalue weighted by Gasteiger charge is 2.13. The summed E-state index contributed by atoms with van der Waals surface area (Å²) >= 11 is 3.98. The van der Waals surface area contributed by atoms with E-state index < -0.39 is 0 Å². The first-order valence-corrected chi connectivity index (χ1v) is 6.80. The lowest BCUT2D eigenvalue weighted by Gasteiger charge is -2.18. The van der Waals surface area contributed by atoms with Gasteiger partial charge in [-0.25, -0.2) is 4.39 Å². The van der Waals surface area contributed by atoms with Crippen LogP contribution >= 0.6 is 45.2 Å². The van der Waals surface area contributed by atoms with Crippen molar-refractivity contribution in [2.45, 2.75) is 26.2 Å². The molecule has 0 unspecified atom stereocenters. The molecule has 0 atom stereocenters. The monoisotopic (exact) mass is 430 g/mol. The maximum absolute atomic E-state index is 13.6. The van der Waals surface area contributed by atoms with Crippen molar-refractivity contribution < 1.29 is 4.39 Å². The van der Waals surface area contributed by atoms with Crippen molar-refractivity contribution in [3.05, 3.63) is 37.0 Å². The number of halogens is 3. The van der Waals surface area contributed by atoms with Crippen molar-refractivity contribution in [1.29, 1.82) is 0 Å². The fourth-order valence-electron chi connectivity index (χ4n) is 1.23. The maximum Gasteiger partial charge on any atom is 0.149 e. The lowest BCUT2D eigenvalue weighted by atomic mass is 9.87. The van der Waals surface area contributed by atoms with Gasteiger partial charge < -0.3 is 0 Å². The van der Waals surface area contributed by atoms with Crippen molar-refractivity contribution in [3.8, 4) is 0 Å². The van der Waals surface area contributed by atoms with Crippen LogP contribution in [0.4, 0.5) is 4.39 Å². The Hall–Kier alpha value is 0.350. The molecule has 3 heteroatoms. The zero-order chi connectivity index (χ0) is 11.6. The van der Waals surface area contributed by atoms with Crippen LogP contribution in [-0.2, 0) is 5.41 Å². The highest BCUT2D eigenvalue weighted by molar-refractivity contribution is 14.2. The molecule has 15 heavy (non-hydrogen) atoms. The van der Waals surface area contributed by atoms with Gasteiger partial charge in [-0.1, -0.05) is 45.0 Å². The Kier molecular flexibility index (Phi) is 4.58. The fourth-order valence-corrected chi connectivity index (χ4v) is 1.85. The molecule has 0 nitrogen and oxygen atoms in total. The third-order valence-electron chi connectivity index (χ3n) is 2.17. The van der Waals surface area contributed by atoms with E-state index in [2.05, 4.69) is 20.8 Å². The van der Waals surface area contributed by atoms with E-state index in [-0.39, 0.29) is 11.2 Å². The minimum Gasteiger partial charge on any atom is -0.205 e. The Labute approximate surface area is 118 Å². The molecule has 1 aromatic rings. The molecule has 0 bridgehead atoms. The molecular weight excluding hydrogens is 417 g/mol. The summed E-state index contributed by atoms with van der Waals surface area (Å²) in [6, 6.07) is 7.66. The minimum absolute atomic E-state index is 0.121. The van der Waals surface area contributed by atoms with Crippen molar-refractivity contribution in [1.82, 2.24) is 0 Å². The number of hydrogen-bond donors (Lipinski definition) is 0. The smallest absolute Gasteiger partial charge is 0.149 e. The Morgan fingerprint density at radius 1 is 1.07 bits per heavy atom. The Bertz CT molecular complexity index is 368. The molecule has 0 aliphatic rings. The molecule has 0 N–H and O–H groups in total. The first-order chi connectivity index (χ1) is 6.82. The van der Waals surface area contributed by atoms with Gasteiger partial charge in [-0.3, -0.25) is 0 Å². The van der Waals surface area contributed by atoms with Crippen LogP contribution in [0.2, 0.25) is 0 Å². The van der Waals surface area contributed by atoms with Gasteiger partial charge in [-0.15, -0.1) is 0 Å². The van der Waals surface area contributed by atoms with Crippen molar-refractivity contribution in [3.63, 3.8) is 0 Å². The molecule has 0 aliphatic carbocycles. The van der Waals surface area contributed by atoms with E-state index in [4.69, 9.17) is 0 Å². The van der Waals surface area contributed by atoms with Gasteiger partial charge in [0, 0.05) is 5.56 Å². The average molecular weight is 430 g/mol. The van der Waals surface area contributed by atoms with Crippen LogP contribution in [0.3, 0.4) is 0 Å². The lowest BCUT2D eigenvalue weighted by Crippen LogP contribution is -2.10. The van der Waals surface area contributed by atoms with E-state index >= 15 is 0 Å². The SMILES string of the molecule is CC(C)(C)c1ccc(C(F)=C(I)I)cc1. The van der Waals surface area contributed by atoms with Crippen LogP contribution in [0.15, 0.2) is 25.9 Å². The molecule has 1 aromatic carbocycles. The molecule has 0 amide bonds. The number of rotatable bonds is 1. The summed E-state index contributed by atoms with van der Waals surface area (Å²) < 4.78 is 14.2. The lowest BCUT2D eigenvalue weighted by molar-refractivity contribution is 0.590. The molecule has 0 fully saturated rings. The van der Waals surface area contributed by atoms with Gasteiger partial charge in [0.05, 0.1) is 1.59 Å². The first-order valence-electron chi connectivity index (χ1n) is 4.64. The molecule has 0 spiro atoms. The second-order valence-corrected chi connectivity index (χ2v) is 8.62. The van der Waals surface area contributed by atoms with Crippen LogP contribution in [-0.4, -0.2) is 0 Å². The maximum atomic E-state index is 13.6. The van der Waals surface area contributed by atoms with Crippen LogP contribution in [0.1, 0.15) is 31.9 Å². The zero-order valence-electron chi connectivity index (χ0n) is 8.94. The van der Waals surface area contributed by atoms with Gasteiger partial charge in [0.15, 0.2) is 0 Å². The predicted octanol–water partition coefficient (Wildman–Crippen LogP) is 5.45. The van der Waals surface area contributed by atoms with E-state index in [0.717, 1.165) is 0 Å². The Balaban J connectivity index is 3.07. The molecular formula is C12H13FI2. The molecule has 0 aliphatic heterocycles. The second kappa shape index (κ2) is 5.12. The quantitative estimate of drug-likeness (QED) is 0.521. The summed E-state index contributed by atoms with van der Waals surface area (Å²) in [4.78, 5) is 0. The Morgan fingerprint density at radius 3 is 1.87 bits per heavy atom. The normalized spacial score (nSPS) is 11.3. The van der Waals surface area contributed by atoms with Gasteiger partial charge in [0.1, 0.15) is 5.83 Å². The summed E-state index contributed by atoms with van der Waals surface area (Å²) in [5, 5.41) is 0. The van der Waals surface area contributed by atoms with Crippen molar-refractivity contribution in [2.24, 2.45) is 0 Å². The summed E-state index contributed by atoms with van der Waals surface area (Å²) in [5.74, 6) is -0.142. The fraction of sp³-hybridized carbons (Fsp3) is 0.333. The summed E-state index contributed by atoms with van der Waals surface area (Å²) in [7, 11) is 0. The molecule has 82 valence electrons. The summed E-state index contributed by atoms with van der Waals surface area (Å²) in [5.41, 5.74) is 2.00. The zero-order valence-corrected chi connectivity index (χ0v) is 13.3.